The minimum Gasteiger partial charge on any atom is -0.466 e. The molecule has 0 spiro atoms. The van der Waals surface area contributed by atoms with E-state index in [0.717, 1.165) is 17.9 Å². The summed E-state index contributed by atoms with van der Waals surface area (Å²) in [5, 5.41) is -0.232. The van der Waals surface area contributed by atoms with E-state index in [1.807, 2.05) is 0 Å². The van der Waals surface area contributed by atoms with Gasteiger partial charge in [-0.25, -0.2) is 0 Å². The molecule has 2 heterocycles. The molecule has 1 fully saturated rings. The van der Waals surface area contributed by atoms with Crippen molar-refractivity contribution in [2.45, 2.75) is 11.6 Å². The topological polar surface area (TPSA) is 33.5 Å². The summed E-state index contributed by atoms with van der Waals surface area (Å²) in [6, 6.07) is 7.82. The zero-order valence-corrected chi connectivity index (χ0v) is 12.2. The highest BCUT2D eigenvalue weighted by atomic mass is 32.2. The minimum absolute atomic E-state index is 0.232. The summed E-state index contributed by atoms with van der Waals surface area (Å²) in [7, 11) is 0. The number of amides is 1. The molecule has 3 nitrogen and oxygen atoms in total. The molecule has 7 heteroatoms. The number of carbonyl (C=O) groups is 1. The molecule has 1 saturated heterocycles. The maximum absolute atomic E-state index is 12.6. The zero-order valence-electron chi connectivity index (χ0n) is 11.3. The van der Waals surface area contributed by atoms with Gasteiger partial charge in [-0.05, 0) is 36.4 Å². The number of alkyl halides is 3. The molecule has 1 aromatic heterocycles. The van der Waals surface area contributed by atoms with Gasteiger partial charge in [0.1, 0.15) is 11.1 Å². The van der Waals surface area contributed by atoms with Crippen molar-refractivity contribution in [2.24, 2.45) is 0 Å². The maximum atomic E-state index is 12.6. The molecule has 2 aromatic rings. The second kappa shape index (κ2) is 5.72. The molecule has 0 radical (unpaired) electrons. The van der Waals surface area contributed by atoms with Crippen LogP contribution in [0.15, 0.2) is 47.1 Å². The van der Waals surface area contributed by atoms with Crippen LogP contribution in [0, 0.1) is 0 Å². The van der Waals surface area contributed by atoms with Crippen LogP contribution in [-0.4, -0.2) is 23.1 Å². The molecule has 1 amide bonds. The molecule has 0 aliphatic carbocycles. The van der Waals surface area contributed by atoms with E-state index in [1.165, 1.54) is 18.4 Å². The maximum Gasteiger partial charge on any atom is 0.416 e. The van der Waals surface area contributed by atoms with Crippen LogP contribution in [0.25, 0.3) is 0 Å². The first-order valence-corrected chi connectivity index (χ1v) is 7.65. The molecular weight excluding hydrogens is 315 g/mol. The van der Waals surface area contributed by atoms with Crippen LogP contribution >= 0.6 is 11.8 Å². The van der Waals surface area contributed by atoms with Crippen LogP contribution < -0.4 is 0 Å². The molecule has 1 aromatic carbocycles. The van der Waals surface area contributed by atoms with E-state index in [9.17, 15) is 18.0 Å². The first-order chi connectivity index (χ1) is 10.5. The second-order valence-corrected chi connectivity index (χ2v) is 6.00. The van der Waals surface area contributed by atoms with Gasteiger partial charge < -0.3 is 9.32 Å². The minimum atomic E-state index is -4.40. The first kappa shape index (κ1) is 15.0. The number of carbonyl (C=O) groups excluding carboxylic acids is 1. The van der Waals surface area contributed by atoms with Crippen molar-refractivity contribution in [3.05, 3.63) is 59.5 Å². The Morgan fingerprint density at radius 1 is 1.23 bits per heavy atom. The van der Waals surface area contributed by atoms with E-state index in [0.29, 0.717) is 12.3 Å². The summed E-state index contributed by atoms with van der Waals surface area (Å²) < 4.78 is 43.0. The van der Waals surface area contributed by atoms with Crippen LogP contribution in [0.4, 0.5) is 13.2 Å². The van der Waals surface area contributed by atoms with Crippen LogP contribution in [0.2, 0.25) is 0 Å². The Hall–Kier alpha value is -1.89. The molecule has 1 aliphatic heterocycles. The highest BCUT2D eigenvalue weighted by molar-refractivity contribution is 7.99. The lowest BCUT2D eigenvalue weighted by Gasteiger charge is -2.22. The number of thioether (sulfide) groups is 1. The fraction of sp³-hybridized carbons (Fsp3) is 0.267. The molecule has 0 N–H and O–H groups in total. The molecule has 3 rings (SSSR count). The smallest absolute Gasteiger partial charge is 0.416 e. The lowest BCUT2D eigenvalue weighted by Crippen LogP contribution is -2.30. The highest BCUT2D eigenvalue weighted by Crippen LogP contribution is 2.39. The van der Waals surface area contributed by atoms with Crippen LogP contribution in [0.1, 0.15) is 27.1 Å². The standard InChI is InChI=1S/C15H12F3NO2S/c16-15(17,18)11-5-3-10(4-6-11)13(20)19-7-9-22-14(19)12-2-1-8-21-12/h1-6,8,14H,7,9H2/t14-/m0/s1. The van der Waals surface area contributed by atoms with Gasteiger partial charge in [-0.3, -0.25) is 4.79 Å². The van der Waals surface area contributed by atoms with Crippen molar-refractivity contribution in [3.63, 3.8) is 0 Å². The van der Waals surface area contributed by atoms with Gasteiger partial charge in [0.25, 0.3) is 5.91 Å². The number of nitrogens with zero attached hydrogens (tertiary/aromatic N) is 1. The van der Waals surface area contributed by atoms with Gasteiger partial charge in [0.2, 0.25) is 0 Å². The van der Waals surface area contributed by atoms with Crippen molar-refractivity contribution in [1.29, 1.82) is 0 Å². The van der Waals surface area contributed by atoms with E-state index >= 15 is 0 Å². The predicted octanol–water partition coefficient (Wildman–Crippen LogP) is 4.19. The number of hydrogen-bond acceptors (Lipinski definition) is 3. The van der Waals surface area contributed by atoms with Gasteiger partial charge in [-0.15, -0.1) is 11.8 Å². The van der Waals surface area contributed by atoms with Gasteiger partial charge in [0.05, 0.1) is 11.8 Å². The molecule has 0 unspecified atom stereocenters. The highest BCUT2D eigenvalue weighted by Gasteiger charge is 2.34. The zero-order chi connectivity index (χ0) is 15.7. The Morgan fingerprint density at radius 2 is 1.95 bits per heavy atom. The van der Waals surface area contributed by atoms with Crippen molar-refractivity contribution in [3.8, 4) is 0 Å². The first-order valence-electron chi connectivity index (χ1n) is 6.60. The normalized spacial score (nSPS) is 18.7. The fourth-order valence-electron chi connectivity index (χ4n) is 2.31. The van der Waals surface area contributed by atoms with Gasteiger partial charge in [0, 0.05) is 17.9 Å². The lowest BCUT2D eigenvalue weighted by molar-refractivity contribution is -0.137. The summed E-state index contributed by atoms with van der Waals surface area (Å²) >= 11 is 1.57. The van der Waals surface area contributed by atoms with Gasteiger partial charge in [-0.2, -0.15) is 13.2 Å². The quantitative estimate of drug-likeness (QED) is 0.829. The number of halogens is 3. The summed E-state index contributed by atoms with van der Waals surface area (Å²) in [5.74, 6) is 1.14. The molecule has 0 saturated carbocycles. The van der Waals surface area contributed by atoms with E-state index in [1.54, 1.807) is 28.8 Å². The number of rotatable bonds is 2. The second-order valence-electron chi connectivity index (χ2n) is 4.81. The van der Waals surface area contributed by atoms with Crippen LogP contribution in [-0.2, 0) is 6.18 Å². The number of hydrogen-bond donors (Lipinski definition) is 0. The average molecular weight is 327 g/mol. The lowest BCUT2D eigenvalue weighted by atomic mass is 10.1. The third-order valence-electron chi connectivity index (χ3n) is 3.40. The summed E-state index contributed by atoms with van der Waals surface area (Å²) in [5.41, 5.74) is -0.519. The summed E-state index contributed by atoms with van der Waals surface area (Å²) in [6.07, 6.45) is -2.86. The SMILES string of the molecule is O=C(c1ccc(C(F)(F)F)cc1)N1CCS[C@H]1c1ccco1. The molecule has 1 aliphatic rings. The van der Waals surface area contributed by atoms with Crippen LogP contribution in [0.5, 0.6) is 0 Å². The molecule has 1 atom stereocenters. The third-order valence-corrected chi connectivity index (χ3v) is 4.62. The van der Waals surface area contributed by atoms with Crippen molar-refractivity contribution in [1.82, 2.24) is 4.90 Å². The molecule has 116 valence electrons. The van der Waals surface area contributed by atoms with Crippen LogP contribution in [0.3, 0.4) is 0 Å². The summed E-state index contributed by atoms with van der Waals surface area (Å²) in [4.78, 5) is 14.1. The Labute approximate surface area is 129 Å². The Balaban J connectivity index is 1.81. The van der Waals surface area contributed by atoms with Gasteiger partial charge in [-0.1, -0.05) is 0 Å². The molecular formula is C15H12F3NO2S. The van der Waals surface area contributed by atoms with Crippen molar-refractivity contribution >= 4 is 17.7 Å². The average Bonchev–Trinajstić information content (AvgIpc) is 3.16. The van der Waals surface area contributed by atoms with E-state index in [-0.39, 0.29) is 16.8 Å². The van der Waals surface area contributed by atoms with Gasteiger partial charge >= 0.3 is 6.18 Å². The van der Waals surface area contributed by atoms with Gasteiger partial charge in [0.15, 0.2) is 0 Å². The predicted molar refractivity (Wildman–Crippen MR) is 76.4 cm³/mol. The molecule has 22 heavy (non-hydrogen) atoms. The van der Waals surface area contributed by atoms with Crippen molar-refractivity contribution in [2.75, 3.05) is 12.3 Å². The number of furan rings is 1. The van der Waals surface area contributed by atoms with E-state index in [2.05, 4.69) is 0 Å². The Bertz CT molecular complexity index is 652. The number of benzene rings is 1. The monoisotopic (exact) mass is 327 g/mol. The largest absolute Gasteiger partial charge is 0.466 e. The summed E-state index contributed by atoms with van der Waals surface area (Å²) in [6.45, 7) is 0.538. The third kappa shape index (κ3) is 2.85. The Morgan fingerprint density at radius 3 is 2.55 bits per heavy atom. The molecule has 0 bridgehead atoms. The Kier molecular flexibility index (Phi) is 3.90. The van der Waals surface area contributed by atoms with Crippen molar-refractivity contribution < 1.29 is 22.4 Å². The van der Waals surface area contributed by atoms with E-state index in [4.69, 9.17) is 4.42 Å². The fourth-order valence-corrected chi connectivity index (χ4v) is 3.52. The van der Waals surface area contributed by atoms with E-state index < -0.39 is 11.7 Å².